The van der Waals surface area contributed by atoms with Crippen molar-refractivity contribution in [3.05, 3.63) is 10.1 Å². The highest BCUT2D eigenvalue weighted by atomic mass is 32.2. The van der Waals surface area contributed by atoms with Gasteiger partial charge in [0, 0.05) is 17.3 Å². The Kier molecular flexibility index (Phi) is 3.81. The zero-order valence-electron chi connectivity index (χ0n) is 6.81. The lowest BCUT2D eigenvalue weighted by Gasteiger charge is -2.25. The fourth-order valence-electron chi connectivity index (χ4n) is 1.33. The van der Waals surface area contributed by atoms with Crippen LogP contribution in [0.2, 0.25) is 0 Å². The molecule has 1 rings (SSSR count). The van der Waals surface area contributed by atoms with E-state index in [9.17, 15) is 15.2 Å². The average Bonchev–Trinajstić information content (AvgIpc) is 2.03. The second-order valence-electron chi connectivity index (χ2n) is 3.04. The van der Waals surface area contributed by atoms with E-state index < -0.39 is 0 Å². The van der Waals surface area contributed by atoms with E-state index in [1.54, 1.807) is 11.8 Å². The number of nitro groups is 1. The van der Waals surface area contributed by atoms with E-state index in [0.717, 1.165) is 17.9 Å². The van der Waals surface area contributed by atoms with Gasteiger partial charge in [0.25, 0.3) is 0 Å². The van der Waals surface area contributed by atoms with Crippen molar-refractivity contribution in [1.82, 2.24) is 0 Å². The number of rotatable bonds is 3. The second-order valence-corrected chi connectivity index (χ2v) is 4.19. The van der Waals surface area contributed by atoms with Crippen LogP contribution in [0.25, 0.3) is 0 Å². The molecular formula is C7H13NO3S. The molecule has 0 spiro atoms. The third-order valence-corrected chi connectivity index (χ3v) is 3.30. The monoisotopic (exact) mass is 191 g/mol. The van der Waals surface area contributed by atoms with Gasteiger partial charge >= 0.3 is 0 Å². The molecule has 0 aromatic carbocycles. The van der Waals surface area contributed by atoms with Gasteiger partial charge in [0.15, 0.2) is 0 Å². The maximum Gasteiger partial charge on any atom is 0.204 e. The van der Waals surface area contributed by atoms with Gasteiger partial charge < -0.3 is 5.11 Å². The summed E-state index contributed by atoms with van der Waals surface area (Å²) in [6.45, 7) is -0.0116. The van der Waals surface area contributed by atoms with Crippen molar-refractivity contribution in [3.8, 4) is 0 Å². The highest BCUT2D eigenvalue weighted by Gasteiger charge is 2.24. The Morgan fingerprint density at radius 2 is 2.42 bits per heavy atom. The lowest BCUT2D eigenvalue weighted by Crippen LogP contribution is -2.29. The number of thioether (sulfide) groups is 1. The van der Waals surface area contributed by atoms with Gasteiger partial charge in [-0.3, -0.25) is 10.1 Å². The molecule has 0 aromatic heterocycles. The summed E-state index contributed by atoms with van der Waals surface area (Å²) in [5.41, 5.74) is 0. The summed E-state index contributed by atoms with van der Waals surface area (Å²) in [5.74, 6) is 1.99. The first-order valence-corrected chi connectivity index (χ1v) is 5.23. The number of hydrogen-bond acceptors (Lipinski definition) is 4. The fraction of sp³-hybridized carbons (Fsp3) is 1.00. The third kappa shape index (κ3) is 2.98. The van der Waals surface area contributed by atoms with Crippen molar-refractivity contribution < 1.29 is 10.0 Å². The molecule has 1 aliphatic heterocycles. The molecule has 1 aliphatic rings. The van der Waals surface area contributed by atoms with Crippen LogP contribution in [-0.4, -0.2) is 34.2 Å². The molecule has 1 fully saturated rings. The summed E-state index contributed by atoms with van der Waals surface area (Å²) < 4.78 is 0. The molecule has 1 unspecified atom stereocenters. The van der Waals surface area contributed by atoms with Crippen LogP contribution in [0, 0.1) is 16.0 Å². The number of hydrogen-bond donors (Lipinski definition) is 1. The molecule has 70 valence electrons. The molecule has 0 radical (unpaired) electrons. The first-order valence-electron chi connectivity index (χ1n) is 4.08. The van der Waals surface area contributed by atoms with Crippen LogP contribution in [0.15, 0.2) is 0 Å². The van der Waals surface area contributed by atoms with Gasteiger partial charge in [0.2, 0.25) is 6.54 Å². The van der Waals surface area contributed by atoms with Gasteiger partial charge in [0.1, 0.15) is 0 Å². The Morgan fingerprint density at radius 1 is 1.67 bits per heavy atom. The van der Waals surface area contributed by atoms with E-state index in [1.165, 1.54) is 0 Å². The summed E-state index contributed by atoms with van der Waals surface area (Å²) in [7, 11) is 0. The quantitative estimate of drug-likeness (QED) is 0.528. The van der Waals surface area contributed by atoms with Crippen LogP contribution in [0.4, 0.5) is 0 Å². The van der Waals surface area contributed by atoms with Crippen LogP contribution < -0.4 is 0 Å². The largest absolute Gasteiger partial charge is 0.393 e. The molecule has 4 nitrogen and oxygen atoms in total. The normalized spacial score (nSPS) is 30.1. The molecule has 2 atom stereocenters. The van der Waals surface area contributed by atoms with Crippen LogP contribution in [0.3, 0.4) is 0 Å². The maximum atomic E-state index is 10.1. The van der Waals surface area contributed by atoms with E-state index >= 15 is 0 Å². The summed E-state index contributed by atoms with van der Waals surface area (Å²) >= 11 is 1.78. The number of nitrogens with zero attached hydrogens (tertiary/aromatic N) is 1. The first-order chi connectivity index (χ1) is 5.70. The van der Waals surface area contributed by atoms with E-state index in [4.69, 9.17) is 0 Å². The topological polar surface area (TPSA) is 63.4 Å². The molecule has 1 N–H and O–H groups in total. The zero-order chi connectivity index (χ0) is 8.97. The van der Waals surface area contributed by atoms with Crippen LogP contribution >= 0.6 is 11.8 Å². The van der Waals surface area contributed by atoms with Gasteiger partial charge in [-0.05, 0) is 17.9 Å². The van der Waals surface area contributed by atoms with Gasteiger partial charge in [-0.15, -0.1) is 0 Å². The zero-order valence-corrected chi connectivity index (χ0v) is 7.63. The molecule has 1 saturated heterocycles. The van der Waals surface area contributed by atoms with Crippen LogP contribution in [0.1, 0.15) is 12.8 Å². The predicted octanol–water partition coefficient (Wildman–Crippen LogP) is 0.767. The SMILES string of the molecule is O=[N+]([O-])CCC1CSCC[C@H]1O. The Balaban J connectivity index is 2.24. The third-order valence-electron chi connectivity index (χ3n) is 2.12. The highest BCUT2D eigenvalue weighted by molar-refractivity contribution is 7.99. The van der Waals surface area contributed by atoms with Crippen molar-refractivity contribution in [1.29, 1.82) is 0 Å². The Hall–Kier alpha value is -0.290. The van der Waals surface area contributed by atoms with Crippen molar-refractivity contribution in [2.45, 2.75) is 18.9 Å². The molecule has 0 amide bonds. The van der Waals surface area contributed by atoms with Crippen molar-refractivity contribution >= 4 is 11.8 Å². The smallest absolute Gasteiger partial charge is 0.204 e. The van der Waals surface area contributed by atoms with Crippen molar-refractivity contribution in [3.63, 3.8) is 0 Å². The van der Waals surface area contributed by atoms with Crippen LogP contribution in [0.5, 0.6) is 0 Å². The first kappa shape index (κ1) is 9.80. The van der Waals surface area contributed by atoms with E-state index in [0.29, 0.717) is 6.42 Å². The molecule has 1 heterocycles. The van der Waals surface area contributed by atoms with E-state index in [-0.39, 0.29) is 23.5 Å². The molecule has 0 saturated carbocycles. The maximum absolute atomic E-state index is 10.1. The van der Waals surface area contributed by atoms with E-state index in [2.05, 4.69) is 0 Å². The molecular weight excluding hydrogens is 178 g/mol. The number of aliphatic hydroxyl groups is 1. The van der Waals surface area contributed by atoms with Gasteiger partial charge in [-0.1, -0.05) is 0 Å². The standard InChI is InChI=1S/C7H13NO3S/c9-7-2-4-12-5-6(7)1-3-8(10)11/h6-7,9H,1-5H2/t6?,7-/m1/s1. The lowest BCUT2D eigenvalue weighted by molar-refractivity contribution is -0.481. The minimum atomic E-state index is -0.314. The summed E-state index contributed by atoms with van der Waals surface area (Å²) in [5, 5.41) is 19.5. The Labute approximate surface area is 75.5 Å². The van der Waals surface area contributed by atoms with E-state index in [1.807, 2.05) is 0 Å². The molecule has 0 aliphatic carbocycles. The fourth-order valence-corrected chi connectivity index (χ4v) is 2.60. The summed E-state index contributed by atoms with van der Waals surface area (Å²) in [6, 6.07) is 0. The number of aliphatic hydroxyl groups excluding tert-OH is 1. The summed E-state index contributed by atoms with van der Waals surface area (Å²) in [4.78, 5) is 9.75. The minimum absolute atomic E-state index is 0.0116. The van der Waals surface area contributed by atoms with Gasteiger partial charge in [-0.25, -0.2) is 0 Å². The van der Waals surface area contributed by atoms with Gasteiger partial charge in [-0.2, -0.15) is 11.8 Å². The molecule has 0 aromatic rings. The summed E-state index contributed by atoms with van der Waals surface area (Å²) in [6.07, 6.45) is 0.986. The average molecular weight is 191 g/mol. The molecule has 5 heteroatoms. The molecule has 0 bridgehead atoms. The van der Waals surface area contributed by atoms with Crippen molar-refractivity contribution in [2.75, 3.05) is 18.1 Å². The minimum Gasteiger partial charge on any atom is -0.393 e. The Bertz CT molecular complexity index is 165. The van der Waals surface area contributed by atoms with Crippen LogP contribution in [-0.2, 0) is 0 Å². The lowest BCUT2D eigenvalue weighted by atomic mass is 9.98. The predicted molar refractivity (Wildman–Crippen MR) is 47.9 cm³/mol. The molecule has 12 heavy (non-hydrogen) atoms. The van der Waals surface area contributed by atoms with Crippen molar-refractivity contribution in [2.24, 2.45) is 5.92 Å². The Morgan fingerprint density at radius 3 is 3.00 bits per heavy atom. The second kappa shape index (κ2) is 4.67. The van der Waals surface area contributed by atoms with Gasteiger partial charge in [0.05, 0.1) is 6.10 Å². The highest BCUT2D eigenvalue weighted by Crippen LogP contribution is 2.25.